The Morgan fingerprint density at radius 2 is 1.82 bits per heavy atom. The van der Waals surface area contributed by atoms with Gasteiger partial charge in [-0.15, -0.1) is 0 Å². The third kappa shape index (κ3) is 5.93. The van der Waals surface area contributed by atoms with Crippen LogP contribution in [0.3, 0.4) is 0 Å². The summed E-state index contributed by atoms with van der Waals surface area (Å²) in [4.78, 5) is 18.4. The van der Waals surface area contributed by atoms with Gasteiger partial charge in [-0.05, 0) is 68.4 Å². The molecule has 0 aromatic heterocycles. The van der Waals surface area contributed by atoms with E-state index in [1.54, 1.807) is 24.8 Å². The standard InChI is InChI=1S/C27H29F3N4O3S/c1-26(2)24(35)34(21-7-6-20(17-31)23(16-21)27(28,29)30)25(38)33(26)10-3-13-37-22-8-4-19(5-9-22)18-32-11-14-36-15-12-32/h4-9,16H,3,10-15,18H2,1-2H3. The van der Waals surface area contributed by atoms with Gasteiger partial charge < -0.3 is 14.4 Å². The maximum absolute atomic E-state index is 13.5. The molecule has 2 fully saturated rings. The molecule has 2 heterocycles. The molecule has 0 unspecified atom stereocenters. The first-order valence-electron chi connectivity index (χ1n) is 12.3. The number of benzene rings is 2. The topological polar surface area (TPSA) is 69.0 Å². The number of nitrogens with zero attached hydrogens (tertiary/aromatic N) is 4. The van der Waals surface area contributed by atoms with Crippen molar-refractivity contribution < 1.29 is 27.4 Å². The summed E-state index contributed by atoms with van der Waals surface area (Å²) in [5.74, 6) is 0.297. The van der Waals surface area contributed by atoms with Crippen LogP contribution in [0.25, 0.3) is 0 Å². The minimum absolute atomic E-state index is 0.0182. The molecule has 0 N–H and O–H groups in total. The second-order valence-electron chi connectivity index (χ2n) is 9.71. The molecule has 0 spiro atoms. The van der Waals surface area contributed by atoms with Crippen molar-refractivity contribution in [1.29, 1.82) is 5.26 Å². The zero-order valence-electron chi connectivity index (χ0n) is 21.3. The minimum atomic E-state index is -4.74. The summed E-state index contributed by atoms with van der Waals surface area (Å²) in [6, 6.07) is 12.6. The van der Waals surface area contributed by atoms with Gasteiger partial charge in [-0.3, -0.25) is 14.6 Å². The summed E-state index contributed by atoms with van der Waals surface area (Å²) in [5, 5.41) is 9.18. The van der Waals surface area contributed by atoms with Gasteiger partial charge in [-0.1, -0.05) is 12.1 Å². The summed E-state index contributed by atoms with van der Waals surface area (Å²) in [5.41, 5.74) is -1.49. The SMILES string of the molecule is CC1(C)C(=O)N(c2ccc(C#N)c(C(F)(F)F)c2)C(=S)N1CCCOc1ccc(CN2CCOCC2)cc1. The van der Waals surface area contributed by atoms with Crippen molar-refractivity contribution in [2.45, 2.75) is 38.5 Å². The molecule has 7 nitrogen and oxygen atoms in total. The minimum Gasteiger partial charge on any atom is -0.494 e. The van der Waals surface area contributed by atoms with Crippen molar-refractivity contribution in [1.82, 2.24) is 9.80 Å². The summed E-state index contributed by atoms with van der Waals surface area (Å²) >= 11 is 5.52. The lowest BCUT2D eigenvalue weighted by atomic mass is 10.0. The summed E-state index contributed by atoms with van der Waals surface area (Å²) < 4.78 is 51.7. The van der Waals surface area contributed by atoms with Gasteiger partial charge in [0.1, 0.15) is 11.3 Å². The van der Waals surface area contributed by atoms with Gasteiger partial charge in [-0.2, -0.15) is 18.4 Å². The largest absolute Gasteiger partial charge is 0.494 e. The summed E-state index contributed by atoms with van der Waals surface area (Å²) in [7, 11) is 0. The van der Waals surface area contributed by atoms with Crippen LogP contribution in [0.5, 0.6) is 5.75 Å². The van der Waals surface area contributed by atoms with Crippen LogP contribution < -0.4 is 9.64 Å². The van der Waals surface area contributed by atoms with E-state index in [9.17, 15) is 18.0 Å². The van der Waals surface area contributed by atoms with Gasteiger partial charge >= 0.3 is 6.18 Å². The Hall–Kier alpha value is -3.20. The van der Waals surface area contributed by atoms with Crippen molar-refractivity contribution in [3.8, 4) is 11.8 Å². The van der Waals surface area contributed by atoms with Gasteiger partial charge in [-0.25, -0.2) is 0 Å². The first-order valence-corrected chi connectivity index (χ1v) is 12.7. The van der Waals surface area contributed by atoms with Crippen LogP contribution >= 0.6 is 12.2 Å². The predicted octanol–water partition coefficient (Wildman–Crippen LogP) is 4.59. The van der Waals surface area contributed by atoms with Gasteiger partial charge in [0.05, 0.1) is 42.7 Å². The number of carbonyl (C=O) groups is 1. The maximum atomic E-state index is 13.5. The van der Waals surface area contributed by atoms with E-state index in [0.717, 1.165) is 55.6 Å². The van der Waals surface area contributed by atoms with E-state index in [0.29, 0.717) is 19.6 Å². The van der Waals surface area contributed by atoms with E-state index >= 15 is 0 Å². The Morgan fingerprint density at radius 1 is 1.13 bits per heavy atom. The Balaban J connectivity index is 1.36. The number of amides is 1. The summed E-state index contributed by atoms with van der Waals surface area (Å²) in [6.45, 7) is 8.33. The van der Waals surface area contributed by atoms with Crippen LogP contribution in [0.4, 0.5) is 18.9 Å². The number of ether oxygens (including phenoxy) is 2. The summed E-state index contributed by atoms with van der Waals surface area (Å²) in [6.07, 6.45) is -4.19. The molecule has 0 saturated carbocycles. The lowest BCUT2D eigenvalue weighted by Crippen LogP contribution is -2.44. The molecular weight excluding hydrogens is 517 g/mol. The molecule has 2 aliphatic rings. The van der Waals surface area contributed by atoms with Crippen LogP contribution in [-0.4, -0.2) is 65.8 Å². The first-order chi connectivity index (χ1) is 18.0. The number of hydrogen-bond donors (Lipinski definition) is 0. The fraction of sp³-hybridized carbons (Fsp3) is 0.444. The smallest absolute Gasteiger partial charge is 0.417 e. The molecule has 202 valence electrons. The van der Waals surface area contributed by atoms with Gasteiger partial charge in [0, 0.05) is 26.2 Å². The van der Waals surface area contributed by atoms with Crippen LogP contribution in [0.15, 0.2) is 42.5 Å². The number of halogens is 3. The highest BCUT2D eigenvalue weighted by molar-refractivity contribution is 7.80. The number of hydrogen-bond acceptors (Lipinski definition) is 6. The fourth-order valence-corrected chi connectivity index (χ4v) is 5.07. The van der Waals surface area contributed by atoms with Crippen molar-refractivity contribution >= 4 is 28.9 Å². The molecule has 0 atom stereocenters. The third-order valence-electron chi connectivity index (χ3n) is 6.74. The zero-order chi connectivity index (χ0) is 27.5. The lowest BCUT2D eigenvalue weighted by molar-refractivity contribution is -0.137. The van der Waals surface area contributed by atoms with Crippen LogP contribution in [0, 0.1) is 11.3 Å². The molecule has 38 heavy (non-hydrogen) atoms. The monoisotopic (exact) mass is 546 g/mol. The Morgan fingerprint density at radius 3 is 2.45 bits per heavy atom. The maximum Gasteiger partial charge on any atom is 0.417 e. The van der Waals surface area contributed by atoms with Crippen LogP contribution in [-0.2, 0) is 22.3 Å². The molecule has 2 aliphatic heterocycles. The lowest BCUT2D eigenvalue weighted by Gasteiger charge is -2.29. The van der Waals surface area contributed by atoms with E-state index < -0.39 is 28.7 Å². The Bertz CT molecular complexity index is 1220. The average Bonchev–Trinajstić information content (AvgIpc) is 3.06. The number of carbonyl (C=O) groups excluding carboxylic acids is 1. The number of anilines is 1. The molecule has 2 aromatic rings. The highest BCUT2D eigenvalue weighted by atomic mass is 32.1. The number of alkyl halides is 3. The van der Waals surface area contributed by atoms with Crippen molar-refractivity contribution in [3.05, 3.63) is 59.2 Å². The van der Waals surface area contributed by atoms with Gasteiger partial charge in [0.25, 0.3) is 5.91 Å². The quantitative estimate of drug-likeness (QED) is 0.354. The molecule has 2 aromatic carbocycles. The van der Waals surface area contributed by atoms with Gasteiger partial charge in [0.15, 0.2) is 5.11 Å². The van der Waals surface area contributed by atoms with E-state index in [4.69, 9.17) is 27.0 Å². The van der Waals surface area contributed by atoms with E-state index in [-0.39, 0.29) is 10.8 Å². The first kappa shape index (κ1) is 27.8. The molecule has 2 saturated heterocycles. The molecule has 11 heteroatoms. The highest BCUT2D eigenvalue weighted by Gasteiger charge is 2.49. The number of thiocarbonyl (C=S) groups is 1. The molecule has 0 aliphatic carbocycles. The van der Waals surface area contributed by atoms with Crippen LogP contribution in [0.2, 0.25) is 0 Å². The Labute approximate surface area is 225 Å². The Kier molecular flexibility index (Phi) is 8.25. The van der Waals surface area contributed by atoms with Gasteiger partial charge in [0.2, 0.25) is 0 Å². The van der Waals surface area contributed by atoms with Crippen molar-refractivity contribution in [3.63, 3.8) is 0 Å². The predicted molar refractivity (Wildman–Crippen MR) is 140 cm³/mol. The number of rotatable bonds is 8. The molecular formula is C27H29F3N4O3S. The van der Waals surface area contributed by atoms with E-state index in [2.05, 4.69) is 4.90 Å². The van der Waals surface area contributed by atoms with Crippen molar-refractivity contribution in [2.24, 2.45) is 0 Å². The van der Waals surface area contributed by atoms with E-state index in [1.807, 2.05) is 24.3 Å². The second-order valence-corrected chi connectivity index (χ2v) is 10.1. The normalized spacial score (nSPS) is 18.1. The fourth-order valence-electron chi connectivity index (χ4n) is 4.56. The second kappa shape index (κ2) is 11.3. The molecule has 0 bridgehead atoms. The number of morpholine rings is 1. The van der Waals surface area contributed by atoms with Crippen molar-refractivity contribution in [2.75, 3.05) is 44.4 Å². The molecule has 4 rings (SSSR count). The van der Waals surface area contributed by atoms with Crippen LogP contribution in [0.1, 0.15) is 37.0 Å². The zero-order valence-corrected chi connectivity index (χ0v) is 22.1. The molecule has 0 radical (unpaired) electrons. The molecule has 1 amide bonds. The highest BCUT2D eigenvalue weighted by Crippen LogP contribution is 2.37. The number of nitriles is 1. The third-order valence-corrected chi connectivity index (χ3v) is 7.14. The average molecular weight is 547 g/mol. The van der Waals surface area contributed by atoms with E-state index in [1.165, 1.54) is 11.6 Å².